The zero-order valence-electron chi connectivity index (χ0n) is 18.6. The molecule has 1 aromatic heterocycles. The van der Waals surface area contributed by atoms with Crippen LogP contribution in [0.4, 0.5) is 11.4 Å². The molecular formula is C25H22N4O5. The minimum Gasteiger partial charge on any atom is -0.497 e. The van der Waals surface area contributed by atoms with Gasteiger partial charge in [0.2, 0.25) is 5.91 Å². The molecular weight excluding hydrogens is 436 g/mol. The number of hydrogen-bond acceptors (Lipinski definition) is 7. The standard InChI is InChI=1S/C25H22N4O5/c1-28-14-19(16-4-3-5-17(12-16)29(32)33)22(23(30)15-8-10-26-11-9-15)25(28)20-13-18(34-2)6-7-21(20)27-24(25)31/h3-13,19,22H,14H2,1-2H3,(H,27,31)/t19-,22+,25+/m0/s1. The number of hydrogen-bond donors (Lipinski definition) is 1. The number of carbonyl (C=O) groups excluding carboxylic acids is 2. The van der Waals surface area contributed by atoms with E-state index in [9.17, 15) is 19.7 Å². The van der Waals surface area contributed by atoms with Crippen LogP contribution in [0.15, 0.2) is 67.0 Å². The Labute approximate surface area is 195 Å². The molecule has 9 nitrogen and oxygen atoms in total. The highest BCUT2D eigenvalue weighted by Gasteiger charge is 2.64. The second-order valence-corrected chi connectivity index (χ2v) is 8.55. The van der Waals surface area contributed by atoms with Gasteiger partial charge in [-0.25, -0.2) is 0 Å². The van der Waals surface area contributed by atoms with Crippen molar-refractivity contribution in [2.75, 3.05) is 26.0 Å². The zero-order valence-corrected chi connectivity index (χ0v) is 18.6. The number of fused-ring (bicyclic) bond motifs is 2. The van der Waals surface area contributed by atoms with Crippen LogP contribution in [0.5, 0.6) is 5.75 Å². The highest BCUT2D eigenvalue weighted by molar-refractivity contribution is 6.12. The summed E-state index contributed by atoms with van der Waals surface area (Å²) in [6, 6.07) is 14.8. The predicted octanol–water partition coefficient (Wildman–Crippen LogP) is 3.37. The molecule has 2 aliphatic heterocycles. The summed E-state index contributed by atoms with van der Waals surface area (Å²) in [6.45, 7) is 0.354. The van der Waals surface area contributed by atoms with Crippen LogP contribution in [0.3, 0.4) is 0 Å². The zero-order chi connectivity index (χ0) is 24.0. The molecule has 0 bridgehead atoms. The maximum absolute atomic E-state index is 14.1. The number of ketones is 1. The van der Waals surface area contributed by atoms with Gasteiger partial charge in [-0.2, -0.15) is 0 Å². The van der Waals surface area contributed by atoms with Gasteiger partial charge in [-0.15, -0.1) is 0 Å². The Morgan fingerprint density at radius 3 is 2.68 bits per heavy atom. The quantitative estimate of drug-likeness (QED) is 0.354. The molecule has 5 rings (SSSR count). The Hall–Kier alpha value is -4.11. The molecule has 34 heavy (non-hydrogen) atoms. The van der Waals surface area contributed by atoms with Gasteiger partial charge >= 0.3 is 0 Å². The first-order valence-electron chi connectivity index (χ1n) is 10.8. The summed E-state index contributed by atoms with van der Waals surface area (Å²) in [5.41, 5.74) is 0.960. The Kier molecular flexibility index (Phi) is 5.13. The van der Waals surface area contributed by atoms with Gasteiger partial charge in [0.05, 0.1) is 18.0 Å². The third kappa shape index (κ3) is 3.08. The number of nitro groups is 1. The summed E-state index contributed by atoms with van der Waals surface area (Å²) in [5.74, 6) is -1.27. The smallest absolute Gasteiger partial charge is 0.269 e. The molecule has 2 aliphatic rings. The van der Waals surface area contributed by atoms with Crippen molar-refractivity contribution in [3.8, 4) is 5.75 Å². The van der Waals surface area contributed by atoms with E-state index in [1.165, 1.54) is 24.5 Å². The third-order valence-electron chi connectivity index (χ3n) is 6.91. The lowest BCUT2D eigenvalue weighted by Crippen LogP contribution is -2.51. The summed E-state index contributed by atoms with van der Waals surface area (Å²) in [7, 11) is 3.35. The molecule has 1 saturated heterocycles. The van der Waals surface area contributed by atoms with Crippen molar-refractivity contribution < 1.29 is 19.2 Å². The van der Waals surface area contributed by atoms with Crippen LogP contribution >= 0.6 is 0 Å². The number of non-ortho nitro benzene ring substituents is 1. The molecule has 1 amide bonds. The predicted molar refractivity (Wildman–Crippen MR) is 124 cm³/mol. The third-order valence-corrected chi connectivity index (χ3v) is 6.91. The van der Waals surface area contributed by atoms with E-state index in [1.807, 2.05) is 4.90 Å². The summed E-state index contributed by atoms with van der Waals surface area (Å²) < 4.78 is 5.42. The number of benzene rings is 2. The molecule has 1 N–H and O–H groups in total. The van der Waals surface area contributed by atoms with E-state index in [2.05, 4.69) is 10.3 Å². The molecule has 0 aliphatic carbocycles. The molecule has 0 saturated carbocycles. The number of nitro benzene ring substituents is 1. The molecule has 172 valence electrons. The second kappa shape index (κ2) is 8.03. The van der Waals surface area contributed by atoms with E-state index in [0.29, 0.717) is 34.7 Å². The van der Waals surface area contributed by atoms with Crippen molar-refractivity contribution in [3.63, 3.8) is 0 Å². The van der Waals surface area contributed by atoms with Gasteiger partial charge in [-0.3, -0.25) is 29.6 Å². The molecule has 1 spiro atoms. The van der Waals surface area contributed by atoms with Crippen LogP contribution in [0, 0.1) is 16.0 Å². The van der Waals surface area contributed by atoms with Gasteiger partial charge < -0.3 is 10.1 Å². The first kappa shape index (κ1) is 21.7. The van der Waals surface area contributed by atoms with Crippen molar-refractivity contribution in [2.45, 2.75) is 11.5 Å². The molecule has 3 heterocycles. The Bertz CT molecular complexity index is 1310. The number of amides is 1. The number of Topliss-reactive ketones (excluding diaryl/α,β-unsaturated/α-hetero) is 1. The molecule has 9 heteroatoms. The fraction of sp³-hybridized carbons (Fsp3) is 0.240. The lowest BCUT2D eigenvalue weighted by atomic mass is 9.70. The normalized spacial score (nSPS) is 23.5. The van der Waals surface area contributed by atoms with Crippen LogP contribution in [-0.2, 0) is 10.3 Å². The maximum Gasteiger partial charge on any atom is 0.269 e. The lowest BCUT2D eigenvalue weighted by molar-refractivity contribution is -0.384. The highest BCUT2D eigenvalue weighted by atomic mass is 16.6. The number of rotatable bonds is 5. The maximum atomic E-state index is 14.1. The number of nitrogens with zero attached hydrogens (tertiary/aromatic N) is 3. The number of nitrogens with one attached hydrogen (secondary N) is 1. The molecule has 1 fully saturated rings. The number of ether oxygens (including phenoxy) is 1. The van der Waals surface area contributed by atoms with Crippen molar-refractivity contribution in [1.82, 2.24) is 9.88 Å². The topological polar surface area (TPSA) is 115 Å². The van der Waals surface area contributed by atoms with Crippen molar-refractivity contribution >= 4 is 23.1 Å². The fourth-order valence-corrected chi connectivity index (χ4v) is 5.41. The molecule has 3 atom stereocenters. The summed E-state index contributed by atoms with van der Waals surface area (Å²) in [4.78, 5) is 44.6. The number of anilines is 1. The van der Waals surface area contributed by atoms with Gasteiger partial charge in [0, 0.05) is 53.8 Å². The minimum absolute atomic E-state index is 0.0610. The van der Waals surface area contributed by atoms with Crippen LogP contribution in [0.25, 0.3) is 0 Å². The Balaban J connectivity index is 1.74. The van der Waals surface area contributed by atoms with E-state index < -0.39 is 22.3 Å². The van der Waals surface area contributed by atoms with Gasteiger partial charge in [-0.1, -0.05) is 12.1 Å². The van der Waals surface area contributed by atoms with E-state index in [4.69, 9.17) is 4.74 Å². The SMILES string of the molecule is COc1ccc2c(c1)[C@]1(C(=O)N2)[C@@H](C(=O)c2ccncc2)[C@H](c2cccc([N+](=O)[O-])c2)CN1C. The molecule has 3 aromatic rings. The molecule has 0 unspecified atom stereocenters. The summed E-state index contributed by atoms with van der Waals surface area (Å²) >= 11 is 0. The van der Waals surface area contributed by atoms with Crippen molar-refractivity contribution in [3.05, 3.63) is 93.8 Å². The van der Waals surface area contributed by atoms with E-state index in [1.54, 1.807) is 56.6 Å². The summed E-state index contributed by atoms with van der Waals surface area (Å²) in [6.07, 6.45) is 3.07. The van der Waals surface area contributed by atoms with Gasteiger partial charge in [0.15, 0.2) is 5.78 Å². The monoisotopic (exact) mass is 458 g/mol. The van der Waals surface area contributed by atoms with Gasteiger partial charge in [-0.05, 0) is 42.9 Å². The van der Waals surface area contributed by atoms with Crippen molar-refractivity contribution in [1.29, 1.82) is 0 Å². The number of likely N-dealkylation sites (tertiary alicyclic amines) is 1. The Morgan fingerprint density at radius 2 is 1.97 bits per heavy atom. The number of carbonyl (C=O) groups is 2. The van der Waals surface area contributed by atoms with E-state index in [0.717, 1.165) is 0 Å². The van der Waals surface area contributed by atoms with E-state index >= 15 is 0 Å². The first-order chi connectivity index (χ1) is 16.4. The average molecular weight is 458 g/mol. The fourth-order valence-electron chi connectivity index (χ4n) is 5.41. The van der Waals surface area contributed by atoms with Gasteiger partial charge in [0.25, 0.3) is 5.69 Å². The second-order valence-electron chi connectivity index (χ2n) is 8.55. The largest absolute Gasteiger partial charge is 0.497 e. The number of likely N-dealkylation sites (N-methyl/N-ethyl adjacent to an activating group) is 1. The number of aromatic nitrogens is 1. The highest BCUT2D eigenvalue weighted by Crippen LogP contribution is 2.56. The van der Waals surface area contributed by atoms with Crippen LogP contribution in [0.2, 0.25) is 0 Å². The lowest BCUT2D eigenvalue weighted by Gasteiger charge is -2.35. The van der Waals surface area contributed by atoms with Crippen LogP contribution in [0.1, 0.15) is 27.4 Å². The first-order valence-corrected chi connectivity index (χ1v) is 10.8. The molecule has 2 aromatic carbocycles. The average Bonchev–Trinajstić information content (AvgIpc) is 3.33. The minimum atomic E-state index is -1.31. The molecule has 0 radical (unpaired) electrons. The van der Waals surface area contributed by atoms with E-state index in [-0.39, 0.29) is 17.4 Å². The summed E-state index contributed by atoms with van der Waals surface area (Å²) in [5, 5.41) is 14.4. The van der Waals surface area contributed by atoms with Crippen molar-refractivity contribution in [2.24, 2.45) is 5.92 Å². The van der Waals surface area contributed by atoms with Crippen LogP contribution in [-0.4, -0.2) is 47.2 Å². The Morgan fingerprint density at radius 1 is 1.21 bits per heavy atom. The number of methoxy groups -OCH3 is 1. The van der Waals surface area contributed by atoms with Crippen LogP contribution < -0.4 is 10.1 Å². The number of pyridine rings is 1. The van der Waals surface area contributed by atoms with Gasteiger partial charge in [0.1, 0.15) is 11.3 Å².